The van der Waals surface area contributed by atoms with E-state index in [1.54, 1.807) is 30.1 Å². The Balaban J connectivity index is 2.60. The third-order valence-electron chi connectivity index (χ3n) is 2.44. The number of phenolic OH excluding ortho intramolecular Hbond substituents is 1. The maximum Gasteiger partial charge on any atom is 0.223 e. The number of nitrogens with zero attached hydrogens (tertiary/aromatic N) is 1. The van der Waals surface area contributed by atoms with Crippen LogP contribution in [0.4, 0.5) is 0 Å². The van der Waals surface area contributed by atoms with Gasteiger partial charge in [0.1, 0.15) is 5.75 Å². The predicted molar refractivity (Wildman–Crippen MR) is 68.7 cm³/mol. The van der Waals surface area contributed by atoms with E-state index in [0.717, 1.165) is 5.56 Å². The molecule has 0 bridgehead atoms. The molecule has 0 unspecified atom stereocenters. The van der Waals surface area contributed by atoms with Gasteiger partial charge < -0.3 is 10.0 Å². The standard InChI is InChI=1S/C14H21NO2/c1-14(2,3)9-13(17)15(4)10-11-6-5-7-12(16)8-11/h5-8,16H,9-10H2,1-4H3. The summed E-state index contributed by atoms with van der Waals surface area (Å²) in [6.07, 6.45) is 0.530. The Kier molecular flexibility index (Phi) is 4.16. The molecule has 0 aliphatic carbocycles. The van der Waals surface area contributed by atoms with Gasteiger partial charge >= 0.3 is 0 Å². The van der Waals surface area contributed by atoms with Crippen LogP contribution in [-0.4, -0.2) is 23.0 Å². The molecule has 94 valence electrons. The third kappa shape index (κ3) is 4.89. The quantitative estimate of drug-likeness (QED) is 0.875. The molecule has 3 heteroatoms. The number of hydrogen-bond acceptors (Lipinski definition) is 2. The lowest BCUT2D eigenvalue weighted by Gasteiger charge is -2.23. The van der Waals surface area contributed by atoms with Crippen molar-refractivity contribution in [3.05, 3.63) is 29.8 Å². The molecule has 3 nitrogen and oxygen atoms in total. The molecule has 1 aromatic carbocycles. The number of rotatable bonds is 3. The van der Waals surface area contributed by atoms with E-state index in [0.29, 0.717) is 13.0 Å². The highest BCUT2D eigenvalue weighted by molar-refractivity contribution is 5.76. The van der Waals surface area contributed by atoms with Gasteiger partial charge in [-0.3, -0.25) is 4.79 Å². The molecular formula is C14H21NO2. The smallest absolute Gasteiger partial charge is 0.223 e. The molecule has 0 spiro atoms. The van der Waals surface area contributed by atoms with E-state index in [9.17, 15) is 9.90 Å². The number of amides is 1. The molecule has 0 atom stereocenters. The Morgan fingerprint density at radius 3 is 2.53 bits per heavy atom. The van der Waals surface area contributed by atoms with E-state index in [1.807, 2.05) is 26.8 Å². The van der Waals surface area contributed by atoms with Gasteiger partial charge in [0.2, 0.25) is 5.91 Å². The molecule has 1 rings (SSSR count). The van der Waals surface area contributed by atoms with Crippen molar-refractivity contribution in [3.8, 4) is 5.75 Å². The molecule has 1 aromatic rings. The summed E-state index contributed by atoms with van der Waals surface area (Å²) in [5.74, 6) is 0.361. The summed E-state index contributed by atoms with van der Waals surface area (Å²) in [5.41, 5.74) is 0.944. The first-order chi connectivity index (χ1) is 7.78. The highest BCUT2D eigenvalue weighted by atomic mass is 16.3. The minimum absolute atomic E-state index is 0.00414. The van der Waals surface area contributed by atoms with Crippen molar-refractivity contribution in [1.82, 2.24) is 4.90 Å². The van der Waals surface area contributed by atoms with Gasteiger partial charge in [0.15, 0.2) is 0 Å². The molecule has 1 N–H and O–H groups in total. The minimum atomic E-state index is 0.00414. The van der Waals surface area contributed by atoms with E-state index in [-0.39, 0.29) is 17.1 Å². The number of benzene rings is 1. The zero-order chi connectivity index (χ0) is 13.1. The van der Waals surface area contributed by atoms with Crippen LogP contribution in [0, 0.1) is 5.41 Å². The number of phenols is 1. The largest absolute Gasteiger partial charge is 0.508 e. The topological polar surface area (TPSA) is 40.5 Å². The lowest BCUT2D eigenvalue weighted by Crippen LogP contribution is -2.29. The first-order valence-electron chi connectivity index (χ1n) is 5.80. The van der Waals surface area contributed by atoms with Crippen LogP contribution in [0.15, 0.2) is 24.3 Å². The zero-order valence-corrected chi connectivity index (χ0v) is 11.0. The first kappa shape index (κ1) is 13.6. The highest BCUT2D eigenvalue weighted by Crippen LogP contribution is 2.20. The van der Waals surface area contributed by atoms with Crippen LogP contribution in [-0.2, 0) is 11.3 Å². The normalized spacial score (nSPS) is 11.3. The molecule has 17 heavy (non-hydrogen) atoms. The summed E-state index contributed by atoms with van der Waals surface area (Å²) in [6.45, 7) is 6.68. The maximum atomic E-state index is 11.9. The monoisotopic (exact) mass is 235 g/mol. The van der Waals surface area contributed by atoms with Gasteiger partial charge in [-0.05, 0) is 23.1 Å². The summed E-state index contributed by atoms with van der Waals surface area (Å²) in [4.78, 5) is 13.6. The Morgan fingerprint density at radius 1 is 1.35 bits per heavy atom. The molecule has 0 heterocycles. The number of carbonyl (C=O) groups excluding carboxylic acids is 1. The van der Waals surface area contributed by atoms with Crippen molar-refractivity contribution in [2.45, 2.75) is 33.7 Å². The molecule has 0 aromatic heterocycles. The van der Waals surface area contributed by atoms with E-state index in [1.165, 1.54) is 0 Å². The third-order valence-corrected chi connectivity index (χ3v) is 2.44. The zero-order valence-electron chi connectivity index (χ0n) is 11.0. The number of hydrogen-bond donors (Lipinski definition) is 1. The Labute approximate surface area is 103 Å². The fourth-order valence-electron chi connectivity index (χ4n) is 1.61. The van der Waals surface area contributed by atoms with Crippen LogP contribution >= 0.6 is 0 Å². The minimum Gasteiger partial charge on any atom is -0.508 e. The van der Waals surface area contributed by atoms with Crippen molar-refractivity contribution in [3.63, 3.8) is 0 Å². The first-order valence-corrected chi connectivity index (χ1v) is 5.80. The summed E-state index contributed by atoms with van der Waals surface area (Å²) in [7, 11) is 1.79. The number of aromatic hydroxyl groups is 1. The fourth-order valence-corrected chi connectivity index (χ4v) is 1.61. The van der Waals surface area contributed by atoms with Crippen LogP contribution < -0.4 is 0 Å². The Bertz CT molecular complexity index is 393. The van der Waals surface area contributed by atoms with E-state index >= 15 is 0 Å². The van der Waals surface area contributed by atoms with Crippen molar-refractivity contribution in [2.24, 2.45) is 5.41 Å². The van der Waals surface area contributed by atoms with Gasteiger partial charge in [0.05, 0.1) is 0 Å². The van der Waals surface area contributed by atoms with E-state index in [2.05, 4.69) is 0 Å². The lowest BCUT2D eigenvalue weighted by atomic mass is 9.91. The van der Waals surface area contributed by atoms with Gasteiger partial charge in [0.25, 0.3) is 0 Å². The van der Waals surface area contributed by atoms with Gasteiger partial charge in [-0.15, -0.1) is 0 Å². The van der Waals surface area contributed by atoms with E-state index in [4.69, 9.17) is 0 Å². The second kappa shape index (κ2) is 5.21. The van der Waals surface area contributed by atoms with Crippen LogP contribution in [0.2, 0.25) is 0 Å². The lowest BCUT2D eigenvalue weighted by molar-refractivity contribution is -0.132. The van der Waals surface area contributed by atoms with Crippen molar-refractivity contribution in [1.29, 1.82) is 0 Å². The number of carbonyl (C=O) groups is 1. The van der Waals surface area contributed by atoms with Crippen LogP contribution in [0.3, 0.4) is 0 Å². The molecule has 0 fully saturated rings. The predicted octanol–water partition coefficient (Wildman–Crippen LogP) is 2.79. The molecular weight excluding hydrogens is 214 g/mol. The SMILES string of the molecule is CN(Cc1cccc(O)c1)C(=O)CC(C)(C)C. The van der Waals surface area contributed by atoms with E-state index < -0.39 is 0 Å². The summed E-state index contributed by atoms with van der Waals surface area (Å²) < 4.78 is 0. The molecule has 0 aliphatic rings. The van der Waals surface area contributed by atoms with Crippen LogP contribution in [0.1, 0.15) is 32.8 Å². The molecule has 1 amide bonds. The van der Waals surface area contributed by atoms with Crippen molar-refractivity contribution < 1.29 is 9.90 Å². The van der Waals surface area contributed by atoms with Crippen LogP contribution in [0.25, 0.3) is 0 Å². The second-order valence-electron chi connectivity index (χ2n) is 5.66. The Hall–Kier alpha value is -1.51. The summed E-state index contributed by atoms with van der Waals surface area (Å²) >= 11 is 0. The molecule has 0 radical (unpaired) electrons. The average Bonchev–Trinajstić information content (AvgIpc) is 2.14. The van der Waals surface area contributed by atoms with Gasteiger partial charge in [0, 0.05) is 20.0 Å². The van der Waals surface area contributed by atoms with Crippen molar-refractivity contribution in [2.75, 3.05) is 7.05 Å². The summed E-state index contributed by atoms with van der Waals surface area (Å²) in [5, 5.41) is 9.35. The average molecular weight is 235 g/mol. The Morgan fingerprint density at radius 2 is 2.00 bits per heavy atom. The second-order valence-corrected chi connectivity index (χ2v) is 5.66. The highest BCUT2D eigenvalue weighted by Gasteiger charge is 2.18. The molecule has 0 saturated carbocycles. The fraction of sp³-hybridized carbons (Fsp3) is 0.500. The maximum absolute atomic E-state index is 11.9. The molecule has 0 saturated heterocycles. The molecule has 0 aliphatic heterocycles. The van der Waals surface area contributed by atoms with Gasteiger partial charge in [-0.1, -0.05) is 32.9 Å². The van der Waals surface area contributed by atoms with Gasteiger partial charge in [-0.25, -0.2) is 0 Å². The summed E-state index contributed by atoms with van der Waals surface area (Å²) in [6, 6.07) is 6.99. The van der Waals surface area contributed by atoms with Crippen molar-refractivity contribution >= 4 is 5.91 Å². The van der Waals surface area contributed by atoms with Crippen LogP contribution in [0.5, 0.6) is 5.75 Å². The van der Waals surface area contributed by atoms with Gasteiger partial charge in [-0.2, -0.15) is 0 Å².